The topological polar surface area (TPSA) is 61.8 Å². The Bertz CT molecular complexity index is 697. The zero-order valence-electron chi connectivity index (χ0n) is 13.2. The average molecular weight is 349 g/mol. The van der Waals surface area contributed by atoms with E-state index in [-0.39, 0.29) is 19.0 Å². The first-order valence-electron chi connectivity index (χ1n) is 7.39. The van der Waals surface area contributed by atoms with E-state index in [0.29, 0.717) is 28.7 Å². The molecular weight excluding hydrogens is 332 g/mol. The fraction of sp³-hybridized carbons (Fsp3) is 0.222. The van der Waals surface area contributed by atoms with E-state index in [0.717, 1.165) is 0 Å². The summed E-state index contributed by atoms with van der Waals surface area (Å²) in [6.07, 6.45) is 0. The Morgan fingerprint density at radius 2 is 1.54 bits per heavy atom. The number of carbonyl (C=O) groups is 2. The quantitative estimate of drug-likeness (QED) is 0.539. The van der Waals surface area contributed by atoms with Gasteiger partial charge in [0.2, 0.25) is 0 Å². The molecule has 0 bridgehead atoms. The van der Waals surface area contributed by atoms with Crippen molar-refractivity contribution in [3.05, 3.63) is 59.1 Å². The lowest BCUT2D eigenvalue weighted by Gasteiger charge is -2.11. The van der Waals surface area contributed by atoms with Crippen molar-refractivity contribution < 1.29 is 23.8 Å². The second kappa shape index (κ2) is 8.93. The molecule has 24 heavy (non-hydrogen) atoms. The number of hydrogen-bond donors (Lipinski definition) is 0. The number of ether oxygens (including phenoxy) is 3. The SMILES string of the molecule is CCOc1ccccc1OCC(=O)OCC(=O)c1ccc(Cl)cc1. The van der Waals surface area contributed by atoms with Crippen LogP contribution in [-0.2, 0) is 9.53 Å². The van der Waals surface area contributed by atoms with Crippen LogP contribution >= 0.6 is 11.6 Å². The maximum atomic E-state index is 11.9. The van der Waals surface area contributed by atoms with Gasteiger partial charge in [0.05, 0.1) is 6.61 Å². The van der Waals surface area contributed by atoms with Crippen LogP contribution in [0.1, 0.15) is 17.3 Å². The highest BCUT2D eigenvalue weighted by Crippen LogP contribution is 2.26. The van der Waals surface area contributed by atoms with Crippen LogP contribution in [0.2, 0.25) is 5.02 Å². The van der Waals surface area contributed by atoms with Crippen LogP contribution in [0.5, 0.6) is 11.5 Å². The molecule has 0 fully saturated rings. The summed E-state index contributed by atoms with van der Waals surface area (Å²) in [5.74, 6) is 0.0451. The molecule has 0 radical (unpaired) electrons. The van der Waals surface area contributed by atoms with Crippen LogP contribution in [0.25, 0.3) is 0 Å². The Labute approximate surface area is 145 Å². The summed E-state index contributed by atoms with van der Waals surface area (Å²) in [7, 11) is 0. The fourth-order valence-electron chi connectivity index (χ4n) is 1.89. The number of benzene rings is 2. The first kappa shape index (κ1) is 17.8. The molecule has 0 aliphatic heterocycles. The molecule has 2 aromatic rings. The number of esters is 1. The van der Waals surface area contributed by atoms with Crippen molar-refractivity contribution in [2.45, 2.75) is 6.92 Å². The lowest BCUT2D eigenvalue weighted by Crippen LogP contribution is -2.19. The van der Waals surface area contributed by atoms with E-state index in [1.165, 1.54) is 0 Å². The molecular formula is C18H17ClO5. The number of carbonyl (C=O) groups excluding carboxylic acids is 2. The van der Waals surface area contributed by atoms with Gasteiger partial charge >= 0.3 is 5.97 Å². The molecule has 0 heterocycles. The molecule has 0 aromatic heterocycles. The molecule has 0 N–H and O–H groups in total. The van der Waals surface area contributed by atoms with E-state index in [4.69, 9.17) is 25.8 Å². The van der Waals surface area contributed by atoms with Gasteiger partial charge in [-0.05, 0) is 43.3 Å². The molecule has 2 rings (SSSR count). The van der Waals surface area contributed by atoms with E-state index in [2.05, 4.69) is 0 Å². The number of hydrogen-bond acceptors (Lipinski definition) is 5. The Hall–Kier alpha value is -2.53. The average Bonchev–Trinajstić information content (AvgIpc) is 2.60. The summed E-state index contributed by atoms with van der Waals surface area (Å²) in [5, 5.41) is 0.532. The molecule has 0 spiro atoms. The molecule has 2 aromatic carbocycles. The van der Waals surface area contributed by atoms with Crippen molar-refractivity contribution in [3.8, 4) is 11.5 Å². The monoisotopic (exact) mass is 348 g/mol. The molecule has 0 aliphatic carbocycles. The van der Waals surface area contributed by atoms with Crippen LogP contribution < -0.4 is 9.47 Å². The lowest BCUT2D eigenvalue weighted by molar-refractivity contribution is -0.144. The van der Waals surface area contributed by atoms with Crippen molar-refractivity contribution in [2.24, 2.45) is 0 Å². The molecule has 0 saturated heterocycles. The molecule has 126 valence electrons. The Balaban J connectivity index is 1.81. The summed E-state index contributed by atoms with van der Waals surface area (Å²) in [6.45, 7) is 1.68. The van der Waals surface area contributed by atoms with Gasteiger partial charge in [0.25, 0.3) is 0 Å². The van der Waals surface area contributed by atoms with Gasteiger partial charge in [-0.2, -0.15) is 0 Å². The van der Waals surface area contributed by atoms with Crippen LogP contribution in [0, 0.1) is 0 Å². The number of para-hydroxylation sites is 2. The van der Waals surface area contributed by atoms with Crippen molar-refractivity contribution in [3.63, 3.8) is 0 Å². The standard InChI is InChI=1S/C18H17ClO5/c1-2-22-16-5-3-4-6-17(16)23-12-18(21)24-11-15(20)13-7-9-14(19)10-8-13/h3-10H,2,11-12H2,1H3. The van der Waals surface area contributed by atoms with Crippen molar-refractivity contribution in [1.82, 2.24) is 0 Å². The van der Waals surface area contributed by atoms with Crippen LogP contribution in [0.3, 0.4) is 0 Å². The number of rotatable bonds is 8. The van der Waals surface area contributed by atoms with Crippen molar-refractivity contribution in [1.29, 1.82) is 0 Å². The van der Waals surface area contributed by atoms with Gasteiger partial charge in [-0.15, -0.1) is 0 Å². The fourth-order valence-corrected chi connectivity index (χ4v) is 2.01. The predicted molar refractivity (Wildman–Crippen MR) is 89.8 cm³/mol. The third-order valence-electron chi connectivity index (χ3n) is 3.02. The summed E-state index contributed by atoms with van der Waals surface area (Å²) in [6, 6.07) is 13.4. The highest BCUT2D eigenvalue weighted by Gasteiger charge is 2.12. The molecule has 6 heteroatoms. The number of ketones is 1. The van der Waals surface area contributed by atoms with Gasteiger partial charge < -0.3 is 14.2 Å². The highest BCUT2D eigenvalue weighted by atomic mass is 35.5. The largest absolute Gasteiger partial charge is 0.490 e. The number of halogens is 1. The first-order valence-corrected chi connectivity index (χ1v) is 7.77. The third-order valence-corrected chi connectivity index (χ3v) is 3.28. The summed E-state index contributed by atoms with van der Waals surface area (Å²) < 4.78 is 15.7. The smallest absolute Gasteiger partial charge is 0.344 e. The van der Waals surface area contributed by atoms with E-state index in [9.17, 15) is 9.59 Å². The van der Waals surface area contributed by atoms with Gasteiger partial charge in [-0.25, -0.2) is 4.79 Å². The molecule has 0 saturated carbocycles. The lowest BCUT2D eigenvalue weighted by atomic mass is 10.1. The van der Waals surface area contributed by atoms with E-state index < -0.39 is 5.97 Å². The normalized spacial score (nSPS) is 10.1. The molecule has 0 aliphatic rings. The van der Waals surface area contributed by atoms with Crippen LogP contribution in [0.15, 0.2) is 48.5 Å². The van der Waals surface area contributed by atoms with E-state index >= 15 is 0 Å². The molecule has 0 unspecified atom stereocenters. The second-order valence-electron chi connectivity index (χ2n) is 4.76. The van der Waals surface area contributed by atoms with Gasteiger partial charge in [0.1, 0.15) is 0 Å². The second-order valence-corrected chi connectivity index (χ2v) is 5.20. The Morgan fingerprint density at radius 1 is 0.917 bits per heavy atom. The third kappa shape index (κ3) is 5.28. The zero-order chi connectivity index (χ0) is 17.4. The van der Waals surface area contributed by atoms with Crippen LogP contribution in [-0.4, -0.2) is 31.6 Å². The number of Topliss-reactive ketones (excluding diaryl/α,β-unsaturated/α-hetero) is 1. The predicted octanol–water partition coefficient (Wildman–Crippen LogP) is 3.54. The molecule has 0 amide bonds. The van der Waals surface area contributed by atoms with Crippen LogP contribution in [0.4, 0.5) is 0 Å². The van der Waals surface area contributed by atoms with Gasteiger partial charge in [0.15, 0.2) is 30.5 Å². The van der Waals surface area contributed by atoms with Gasteiger partial charge in [-0.1, -0.05) is 23.7 Å². The summed E-state index contributed by atoms with van der Waals surface area (Å²) in [4.78, 5) is 23.6. The van der Waals surface area contributed by atoms with Gasteiger partial charge in [-0.3, -0.25) is 4.79 Å². The Morgan fingerprint density at radius 3 is 2.17 bits per heavy atom. The maximum absolute atomic E-state index is 11.9. The van der Waals surface area contributed by atoms with Crippen molar-refractivity contribution >= 4 is 23.4 Å². The minimum absolute atomic E-state index is 0.308. The zero-order valence-corrected chi connectivity index (χ0v) is 13.9. The first-order chi connectivity index (χ1) is 11.6. The Kier molecular flexibility index (Phi) is 6.63. The van der Waals surface area contributed by atoms with E-state index in [1.807, 2.05) is 6.92 Å². The summed E-state index contributed by atoms with van der Waals surface area (Å²) >= 11 is 5.76. The molecule has 0 atom stereocenters. The minimum atomic E-state index is -0.636. The van der Waals surface area contributed by atoms with Gasteiger partial charge in [0, 0.05) is 10.6 Å². The van der Waals surface area contributed by atoms with E-state index in [1.54, 1.807) is 48.5 Å². The minimum Gasteiger partial charge on any atom is -0.490 e. The summed E-state index contributed by atoms with van der Waals surface area (Å²) in [5.41, 5.74) is 0.426. The molecule has 5 nitrogen and oxygen atoms in total. The van der Waals surface area contributed by atoms with Crippen molar-refractivity contribution in [2.75, 3.05) is 19.8 Å². The highest BCUT2D eigenvalue weighted by molar-refractivity contribution is 6.30. The maximum Gasteiger partial charge on any atom is 0.344 e.